The molecular formula is C25H25F5N2O5. The van der Waals surface area contributed by atoms with Gasteiger partial charge in [-0.3, -0.25) is 9.59 Å². The van der Waals surface area contributed by atoms with Crippen LogP contribution in [0, 0.1) is 11.6 Å². The van der Waals surface area contributed by atoms with E-state index in [2.05, 4.69) is 10.6 Å². The number of carbonyl (C=O) groups excluding carboxylic acids is 2. The highest BCUT2D eigenvalue weighted by atomic mass is 19.4. The standard InChI is InChI=1S/C25H25F5N2O5/c26-15-1-3-16(4-2-15)36-13-21(34)31-23-7-9-24(10-8-23,20(33)12-23)32-22(35)14-37-17-5-6-18(19(27)11-17)25(28,29)30/h1-6,11,20,33H,7-10,12-14H2,(H,31,34)(H,32,35)/t20-,23?,24?/m0/s1. The molecule has 1 atom stereocenters. The van der Waals surface area contributed by atoms with Gasteiger partial charge in [0.15, 0.2) is 13.2 Å². The molecule has 3 aliphatic carbocycles. The zero-order chi connectivity index (χ0) is 26.8. The Morgan fingerprint density at radius 2 is 1.46 bits per heavy atom. The Balaban J connectivity index is 1.27. The number of aliphatic hydroxyl groups excluding tert-OH is 1. The third-order valence-corrected chi connectivity index (χ3v) is 6.91. The van der Waals surface area contributed by atoms with Crippen LogP contribution in [-0.4, -0.2) is 47.3 Å². The van der Waals surface area contributed by atoms with Crippen molar-refractivity contribution in [1.82, 2.24) is 10.6 Å². The van der Waals surface area contributed by atoms with Gasteiger partial charge in [-0.05, 0) is 68.5 Å². The highest BCUT2D eigenvalue weighted by Gasteiger charge is 2.55. The summed E-state index contributed by atoms with van der Waals surface area (Å²) in [7, 11) is 0. The van der Waals surface area contributed by atoms with Crippen LogP contribution in [0.4, 0.5) is 22.0 Å². The molecule has 0 unspecified atom stereocenters. The lowest BCUT2D eigenvalue weighted by atomic mass is 9.60. The van der Waals surface area contributed by atoms with E-state index >= 15 is 0 Å². The van der Waals surface area contributed by atoms with E-state index < -0.39 is 59.0 Å². The van der Waals surface area contributed by atoms with Crippen molar-refractivity contribution in [2.45, 2.75) is 55.5 Å². The third kappa shape index (κ3) is 6.12. The Kier molecular flexibility index (Phi) is 7.31. The molecule has 2 aromatic carbocycles. The Hall–Kier alpha value is -3.41. The van der Waals surface area contributed by atoms with Crippen molar-refractivity contribution in [3.05, 3.63) is 59.7 Å². The Labute approximate surface area is 208 Å². The summed E-state index contributed by atoms with van der Waals surface area (Å²) >= 11 is 0. The van der Waals surface area contributed by atoms with Crippen molar-refractivity contribution in [1.29, 1.82) is 0 Å². The van der Waals surface area contributed by atoms with Gasteiger partial charge >= 0.3 is 6.18 Å². The van der Waals surface area contributed by atoms with E-state index in [1.165, 1.54) is 24.3 Å². The Morgan fingerprint density at radius 1 is 0.892 bits per heavy atom. The summed E-state index contributed by atoms with van der Waals surface area (Å²) < 4.78 is 75.3. The molecular weight excluding hydrogens is 503 g/mol. The van der Waals surface area contributed by atoms with Crippen molar-refractivity contribution in [2.24, 2.45) is 0 Å². The van der Waals surface area contributed by atoms with E-state index in [-0.39, 0.29) is 18.8 Å². The van der Waals surface area contributed by atoms with Crippen molar-refractivity contribution in [3.8, 4) is 11.5 Å². The minimum atomic E-state index is -4.85. The first-order chi connectivity index (χ1) is 17.4. The molecule has 3 saturated carbocycles. The van der Waals surface area contributed by atoms with Gasteiger partial charge in [0, 0.05) is 11.6 Å². The lowest BCUT2D eigenvalue weighted by molar-refractivity contribution is -0.140. The maximum atomic E-state index is 13.7. The minimum absolute atomic E-state index is 0.195. The molecule has 2 bridgehead atoms. The quantitative estimate of drug-likeness (QED) is 0.456. The van der Waals surface area contributed by atoms with Gasteiger partial charge in [-0.1, -0.05) is 0 Å². The monoisotopic (exact) mass is 528 g/mol. The summed E-state index contributed by atoms with van der Waals surface area (Å²) in [5.74, 6) is -2.86. The second kappa shape index (κ2) is 10.2. The number of halogens is 5. The van der Waals surface area contributed by atoms with Crippen LogP contribution < -0.4 is 20.1 Å². The van der Waals surface area contributed by atoms with Crippen LogP contribution >= 0.6 is 0 Å². The molecule has 3 fully saturated rings. The molecule has 0 radical (unpaired) electrons. The number of amides is 2. The smallest absolute Gasteiger partial charge is 0.419 e. The van der Waals surface area contributed by atoms with Gasteiger partial charge in [0.1, 0.15) is 23.1 Å². The second-order valence-corrected chi connectivity index (χ2v) is 9.42. The molecule has 0 saturated heterocycles. The largest absolute Gasteiger partial charge is 0.484 e. The average Bonchev–Trinajstić information content (AvgIpc) is 2.83. The summed E-state index contributed by atoms with van der Waals surface area (Å²) in [6.45, 7) is -0.866. The number of rotatable bonds is 8. The van der Waals surface area contributed by atoms with Crippen LogP contribution in [0.2, 0.25) is 0 Å². The highest BCUT2D eigenvalue weighted by Crippen LogP contribution is 2.47. The fraction of sp³-hybridized carbons (Fsp3) is 0.440. The van der Waals surface area contributed by atoms with Gasteiger partial charge in [0.25, 0.3) is 11.8 Å². The number of fused-ring (bicyclic) bond motifs is 3. The molecule has 0 aromatic heterocycles. The van der Waals surface area contributed by atoms with Crippen LogP contribution in [0.3, 0.4) is 0 Å². The van der Waals surface area contributed by atoms with E-state index in [9.17, 15) is 36.6 Å². The number of ether oxygens (including phenoxy) is 2. The highest BCUT2D eigenvalue weighted by molar-refractivity contribution is 5.79. The molecule has 0 heterocycles. The van der Waals surface area contributed by atoms with Crippen LogP contribution in [0.5, 0.6) is 11.5 Å². The topological polar surface area (TPSA) is 96.9 Å². The van der Waals surface area contributed by atoms with E-state index in [4.69, 9.17) is 9.47 Å². The summed E-state index contributed by atoms with van der Waals surface area (Å²) in [4.78, 5) is 24.9. The number of carbonyl (C=O) groups is 2. The molecule has 2 amide bonds. The molecule has 3 N–H and O–H groups in total. The van der Waals surface area contributed by atoms with E-state index in [0.29, 0.717) is 43.6 Å². The predicted molar refractivity (Wildman–Crippen MR) is 120 cm³/mol. The zero-order valence-electron chi connectivity index (χ0n) is 19.5. The number of aliphatic hydroxyl groups is 1. The average molecular weight is 528 g/mol. The van der Waals surface area contributed by atoms with Gasteiger partial charge in [-0.25, -0.2) is 8.78 Å². The first kappa shape index (κ1) is 26.6. The molecule has 12 heteroatoms. The molecule has 3 aliphatic rings. The Morgan fingerprint density at radius 3 is 2.03 bits per heavy atom. The first-order valence-corrected chi connectivity index (χ1v) is 11.6. The first-order valence-electron chi connectivity index (χ1n) is 11.6. The van der Waals surface area contributed by atoms with Crippen LogP contribution in [0.15, 0.2) is 42.5 Å². The van der Waals surface area contributed by atoms with Crippen molar-refractivity contribution in [3.63, 3.8) is 0 Å². The van der Waals surface area contributed by atoms with Crippen LogP contribution in [0.1, 0.15) is 37.7 Å². The van der Waals surface area contributed by atoms with Crippen molar-refractivity contribution in [2.75, 3.05) is 13.2 Å². The molecule has 200 valence electrons. The summed E-state index contributed by atoms with van der Waals surface area (Å²) in [6.07, 6.45) is -3.92. The Bertz CT molecular complexity index is 1150. The normalized spacial score (nSPS) is 24.9. The summed E-state index contributed by atoms with van der Waals surface area (Å²) in [5, 5.41) is 16.5. The number of benzene rings is 2. The summed E-state index contributed by atoms with van der Waals surface area (Å²) in [5.41, 5.74) is -3.04. The third-order valence-electron chi connectivity index (χ3n) is 6.91. The molecule has 2 aromatic rings. The predicted octanol–water partition coefficient (Wildman–Crippen LogP) is 3.49. The number of nitrogens with one attached hydrogen (secondary N) is 2. The summed E-state index contributed by atoms with van der Waals surface area (Å²) in [6, 6.07) is 7.25. The lowest BCUT2D eigenvalue weighted by Gasteiger charge is -2.56. The molecule has 37 heavy (non-hydrogen) atoms. The van der Waals surface area contributed by atoms with E-state index in [1.54, 1.807) is 0 Å². The number of hydrogen-bond donors (Lipinski definition) is 3. The van der Waals surface area contributed by atoms with Gasteiger partial charge in [-0.15, -0.1) is 0 Å². The van der Waals surface area contributed by atoms with Gasteiger partial charge in [0.05, 0.1) is 17.2 Å². The van der Waals surface area contributed by atoms with Crippen molar-refractivity contribution >= 4 is 11.8 Å². The van der Waals surface area contributed by atoms with Crippen LogP contribution in [-0.2, 0) is 15.8 Å². The minimum Gasteiger partial charge on any atom is -0.484 e. The van der Waals surface area contributed by atoms with E-state index in [1.807, 2.05) is 0 Å². The maximum absolute atomic E-state index is 13.7. The maximum Gasteiger partial charge on any atom is 0.419 e. The fourth-order valence-electron chi connectivity index (χ4n) is 4.95. The van der Waals surface area contributed by atoms with E-state index in [0.717, 1.165) is 6.07 Å². The SMILES string of the molecule is O=C(COc1ccc(F)cc1)NC12CCC(NC(=O)COc3ccc(C(F)(F)F)c(F)c3)(CC1)[C@@H](O)C2. The van der Waals surface area contributed by atoms with Gasteiger partial charge in [0.2, 0.25) is 0 Å². The molecule has 7 nitrogen and oxygen atoms in total. The molecule has 0 aliphatic heterocycles. The van der Waals surface area contributed by atoms with Gasteiger partial charge < -0.3 is 25.2 Å². The second-order valence-electron chi connectivity index (χ2n) is 9.42. The fourth-order valence-corrected chi connectivity index (χ4v) is 4.95. The number of alkyl halides is 3. The van der Waals surface area contributed by atoms with Gasteiger partial charge in [-0.2, -0.15) is 13.2 Å². The zero-order valence-corrected chi connectivity index (χ0v) is 19.5. The van der Waals surface area contributed by atoms with Crippen LogP contribution in [0.25, 0.3) is 0 Å². The lowest BCUT2D eigenvalue weighted by Crippen LogP contribution is -2.70. The van der Waals surface area contributed by atoms with Crippen molar-refractivity contribution < 1.29 is 46.1 Å². The molecule has 0 spiro atoms. The molecule has 5 rings (SSSR count). The number of hydrogen-bond acceptors (Lipinski definition) is 5.